The van der Waals surface area contributed by atoms with Gasteiger partial charge in [-0.3, -0.25) is 10.1 Å². The molecule has 1 aliphatic rings. The van der Waals surface area contributed by atoms with E-state index in [1.54, 1.807) is 0 Å². The van der Waals surface area contributed by atoms with E-state index >= 15 is 0 Å². The number of aromatic nitrogens is 2. The summed E-state index contributed by atoms with van der Waals surface area (Å²) >= 11 is 0. The number of benzene rings is 2. The van der Waals surface area contributed by atoms with E-state index in [0.717, 1.165) is 16.7 Å². The molecule has 9 nitrogen and oxygen atoms in total. The van der Waals surface area contributed by atoms with E-state index in [0.29, 0.717) is 32.2 Å². The van der Waals surface area contributed by atoms with Crippen LogP contribution < -0.4 is 5.32 Å². The minimum atomic E-state index is -3.62. The summed E-state index contributed by atoms with van der Waals surface area (Å²) in [4.78, 5) is 12.7. The van der Waals surface area contributed by atoms with Gasteiger partial charge in [-0.25, -0.2) is 8.42 Å². The van der Waals surface area contributed by atoms with Crippen molar-refractivity contribution in [1.29, 1.82) is 0 Å². The van der Waals surface area contributed by atoms with Gasteiger partial charge in [-0.05, 0) is 49.7 Å². The molecule has 0 bridgehead atoms. The van der Waals surface area contributed by atoms with Crippen LogP contribution in [0.3, 0.4) is 0 Å². The number of ether oxygens (including phenoxy) is 1. The number of hydrogen-bond donors (Lipinski definition) is 1. The minimum Gasteiger partial charge on any atom is -0.403 e. The lowest BCUT2D eigenvalue weighted by Crippen LogP contribution is -2.40. The summed E-state index contributed by atoms with van der Waals surface area (Å²) in [7, 11) is -3.62. The Hall–Kier alpha value is -3.08. The minimum absolute atomic E-state index is 0.0362. The monoisotopic (exact) mass is 442 g/mol. The zero-order chi connectivity index (χ0) is 22.0. The maximum atomic E-state index is 12.7. The van der Waals surface area contributed by atoms with E-state index < -0.39 is 15.9 Å². The summed E-state index contributed by atoms with van der Waals surface area (Å²) < 4.78 is 37.5. The van der Waals surface area contributed by atoms with Crippen molar-refractivity contribution < 1.29 is 22.4 Å². The Bertz CT molecular complexity index is 1200. The van der Waals surface area contributed by atoms with Crippen molar-refractivity contribution in [3.05, 3.63) is 59.2 Å². The summed E-state index contributed by atoms with van der Waals surface area (Å²) in [5.41, 5.74) is 3.10. The number of carbonyl (C=O) groups excluding carboxylic acids is 1. The smallest absolute Gasteiger partial charge is 0.322 e. The molecule has 0 atom stereocenters. The van der Waals surface area contributed by atoms with Crippen LogP contribution in [0.4, 0.5) is 6.01 Å². The van der Waals surface area contributed by atoms with E-state index in [1.165, 1.54) is 28.6 Å². The first-order valence-electron chi connectivity index (χ1n) is 9.75. The van der Waals surface area contributed by atoms with Gasteiger partial charge in [0, 0.05) is 24.2 Å². The molecule has 31 heavy (non-hydrogen) atoms. The standard InChI is InChI=1S/C21H22N4O5S/c1-14-3-4-15(2)18(13-14)20-23-24-21(30-20)22-19(26)16-5-7-17(8-6-16)31(27,28)25-9-11-29-12-10-25/h3-8,13H,9-12H2,1-2H3,(H,22,24,26). The number of nitrogens with one attached hydrogen (secondary N) is 1. The lowest BCUT2D eigenvalue weighted by Gasteiger charge is -2.26. The van der Waals surface area contributed by atoms with Crippen LogP contribution in [0.5, 0.6) is 0 Å². The van der Waals surface area contributed by atoms with Crippen LogP contribution in [0, 0.1) is 13.8 Å². The third kappa shape index (κ3) is 4.50. The van der Waals surface area contributed by atoms with Gasteiger partial charge >= 0.3 is 6.01 Å². The molecule has 0 radical (unpaired) electrons. The highest BCUT2D eigenvalue weighted by molar-refractivity contribution is 7.89. The summed E-state index contributed by atoms with van der Waals surface area (Å²) in [6.07, 6.45) is 0. The molecule has 0 unspecified atom stereocenters. The Labute approximate surface area is 180 Å². The first-order valence-corrected chi connectivity index (χ1v) is 11.2. The molecule has 1 aromatic heterocycles. The topological polar surface area (TPSA) is 115 Å². The zero-order valence-electron chi connectivity index (χ0n) is 17.2. The molecular weight excluding hydrogens is 420 g/mol. The van der Waals surface area contributed by atoms with Gasteiger partial charge in [0.2, 0.25) is 15.9 Å². The number of rotatable bonds is 5. The quantitative estimate of drug-likeness (QED) is 0.646. The second-order valence-electron chi connectivity index (χ2n) is 7.23. The van der Waals surface area contributed by atoms with Gasteiger partial charge in [0.05, 0.1) is 18.1 Å². The molecule has 1 N–H and O–H groups in total. The lowest BCUT2D eigenvalue weighted by molar-refractivity contribution is 0.0730. The van der Waals surface area contributed by atoms with E-state index in [-0.39, 0.29) is 16.5 Å². The molecule has 0 spiro atoms. The normalized spacial score (nSPS) is 15.0. The molecule has 4 rings (SSSR count). The molecule has 1 saturated heterocycles. The Morgan fingerprint density at radius 1 is 1.03 bits per heavy atom. The number of sulfonamides is 1. The van der Waals surface area contributed by atoms with E-state index in [1.807, 2.05) is 32.0 Å². The Morgan fingerprint density at radius 2 is 1.74 bits per heavy atom. The maximum absolute atomic E-state index is 12.7. The summed E-state index contributed by atoms with van der Waals surface area (Å²) in [6, 6.07) is 11.6. The number of nitrogens with zero attached hydrogens (tertiary/aromatic N) is 3. The first kappa shape index (κ1) is 21.2. The lowest BCUT2D eigenvalue weighted by atomic mass is 10.1. The average molecular weight is 442 g/mol. The molecule has 162 valence electrons. The fraction of sp³-hybridized carbons (Fsp3) is 0.286. The fourth-order valence-corrected chi connectivity index (χ4v) is 4.64. The van der Waals surface area contributed by atoms with Crippen LogP contribution in [-0.2, 0) is 14.8 Å². The molecular formula is C21H22N4O5S. The van der Waals surface area contributed by atoms with E-state index in [2.05, 4.69) is 15.5 Å². The second kappa shape index (κ2) is 8.58. The van der Waals surface area contributed by atoms with Gasteiger partial charge in [-0.1, -0.05) is 22.8 Å². The predicted octanol–water partition coefficient (Wildman–Crippen LogP) is 2.63. The van der Waals surface area contributed by atoms with Crippen molar-refractivity contribution in [2.45, 2.75) is 18.7 Å². The van der Waals surface area contributed by atoms with Gasteiger partial charge < -0.3 is 9.15 Å². The van der Waals surface area contributed by atoms with Crippen molar-refractivity contribution >= 4 is 21.9 Å². The van der Waals surface area contributed by atoms with E-state index in [9.17, 15) is 13.2 Å². The number of aryl methyl sites for hydroxylation is 2. The highest BCUT2D eigenvalue weighted by atomic mass is 32.2. The van der Waals surface area contributed by atoms with Crippen LogP contribution in [0.25, 0.3) is 11.5 Å². The van der Waals surface area contributed by atoms with Crippen molar-refractivity contribution in [3.8, 4) is 11.5 Å². The van der Waals surface area contributed by atoms with Crippen molar-refractivity contribution in [2.75, 3.05) is 31.6 Å². The van der Waals surface area contributed by atoms with E-state index in [4.69, 9.17) is 9.15 Å². The Morgan fingerprint density at radius 3 is 2.45 bits per heavy atom. The molecule has 2 aromatic carbocycles. The van der Waals surface area contributed by atoms with Gasteiger partial charge in [0.1, 0.15) is 0 Å². The number of amides is 1. The Kier molecular flexibility index (Phi) is 5.86. The Balaban J connectivity index is 1.47. The molecule has 10 heteroatoms. The van der Waals surface area contributed by atoms with Crippen LogP contribution in [0.15, 0.2) is 51.8 Å². The number of hydrogen-bond acceptors (Lipinski definition) is 7. The van der Waals surface area contributed by atoms with Crippen LogP contribution in [-0.4, -0.2) is 55.1 Å². The summed E-state index contributed by atoms with van der Waals surface area (Å²) in [5, 5.41) is 10.4. The van der Waals surface area contributed by atoms with Gasteiger partial charge in [-0.15, -0.1) is 5.10 Å². The van der Waals surface area contributed by atoms with Gasteiger partial charge in [0.25, 0.3) is 5.91 Å². The molecule has 0 saturated carbocycles. The van der Waals surface area contributed by atoms with Crippen molar-refractivity contribution in [2.24, 2.45) is 0 Å². The highest BCUT2D eigenvalue weighted by Gasteiger charge is 2.26. The largest absolute Gasteiger partial charge is 0.403 e. The van der Waals surface area contributed by atoms with Crippen LogP contribution in [0.1, 0.15) is 21.5 Å². The van der Waals surface area contributed by atoms with Gasteiger partial charge in [-0.2, -0.15) is 4.31 Å². The SMILES string of the molecule is Cc1ccc(C)c(-c2nnc(NC(=O)c3ccc(S(=O)(=O)N4CCOCC4)cc3)o2)c1. The number of morpholine rings is 1. The molecule has 2 heterocycles. The first-order chi connectivity index (χ1) is 14.8. The number of anilines is 1. The molecule has 1 fully saturated rings. The van der Waals surface area contributed by atoms with Crippen molar-refractivity contribution in [1.82, 2.24) is 14.5 Å². The zero-order valence-corrected chi connectivity index (χ0v) is 18.0. The predicted molar refractivity (Wildman–Crippen MR) is 113 cm³/mol. The molecule has 1 amide bonds. The molecule has 0 aliphatic carbocycles. The summed E-state index contributed by atoms with van der Waals surface area (Å²) in [5.74, 6) is -0.171. The average Bonchev–Trinajstić information content (AvgIpc) is 3.24. The summed E-state index contributed by atoms with van der Waals surface area (Å²) in [6.45, 7) is 5.26. The second-order valence-corrected chi connectivity index (χ2v) is 9.16. The highest BCUT2D eigenvalue weighted by Crippen LogP contribution is 2.25. The maximum Gasteiger partial charge on any atom is 0.322 e. The third-order valence-corrected chi connectivity index (χ3v) is 6.91. The van der Waals surface area contributed by atoms with Gasteiger partial charge in [0.15, 0.2) is 0 Å². The van der Waals surface area contributed by atoms with Crippen LogP contribution in [0.2, 0.25) is 0 Å². The number of carbonyl (C=O) groups is 1. The fourth-order valence-electron chi connectivity index (χ4n) is 3.23. The molecule has 3 aromatic rings. The van der Waals surface area contributed by atoms with Crippen molar-refractivity contribution in [3.63, 3.8) is 0 Å². The third-order valence-electron chi connectivity index (χ3n) is 4.99. The van der Waals surface area contributed by atoms with Crippen LogP contribution >= 0.6 is 0 Å². The molecule has 1 aliphatic heterocycles.